The highest BCUT2D eigenvalue weighted by molar-refractivity contribution is 5.68. The van der Waals surface area contributed by atoms with Crippen molar-refractivity contribution in [3.05, 3.63) is 47.2 Å². The molecule has 106 valence electrons. The molecule has 0 saturated carbocycles. The minimum absolute atomic E-state index is 0.455. The molecule has 3 aromatic rings. The lowest BCUT2D eigenvalue weighted by atomic mass is 10.1. The molecule has 0 fully saturated rings. The van der Waals surface area contributed by atoms with E-state index in [1.54, 1.807) is 6.20 Å². The Morgan fingerprint density at radius 1 is 1.14 bits per heavy atom. The first kappa shape index (κ1) is 13.3. The summed E-state index contributed by atoms with van der Waals surface area (Å²) in [7, 11) is 0. The first-order chi connectivity index (χ1) is 10.1. The number of aryl methyl sites for hydroxylation is 2. The van der Waals surface area contributed by atoms with Crippen molar-refractivity contribution in [2.75, 3.05) is 5.73 Å². The lowest BCUT2D eigenvalue weighted by Crippen LogP contribution is -1.93. The van der Waals surface area contributed by atoms with Crippen molar-refractivity contribution in [3.63, 3.8) is 0 Å². The molecule has 5 heteroatoms. The number of aromatic nitrogens is 3. The van der Waals surface area contributed by atoms with Crippen molar-refractivity contribution < 1.29 is 4.52 Å². The van der Waals surface area contributed by atoms with Gasteiger partial charge in [-0.3, -0.25) is 4.98 Å². The Bertz CT molecular complexity index is 808. The van der Waals surface area contributed by atoms with Crippen molar-refractivity contribution in [3.8, 4) is 23.0 Å². The molecule has 0 unspecified atom stereocenters. The topological polar surface area (TPSA) is 77.8 Å². The second-order valence-corrected chi connectivity index (χ2v) is 5.12. The van der Waals surface area contributed by atoms with Crippen LogP contribution in [0, 0.1) is 20.8 Å². The Labute approximate surface area is 122 Å². The number of nitrogens with zero attached hydrogens (tertiary/aromatic N) is 3. The lowest BCUT2D eigenvalue weighted by molar-refractivity contribution is 0.432. The van der Waals surface area contributed by atoms with E-state index in [9.17, 15) is 0 Å². The van der Waals surface area contributed by atoms with Gasteiger partial charge in [0, 0.05) is 17.4 Å². The van der Waals surface area contributed by atoms with Crippen LogP contribution in [0.3, 0.4) is 0 Å². The largest absolute Gasteiger partial charge is 0.398 e. The Balaban J connectivity index is 2.06. The Kier molecular flexibility index (Phi) is 3.17. The zero-order valence-electron chi connectivity index (χ0n) is 12.2. The summed E-state index contributed by atoms with van der Waals surface area (Å²) in [4.78, 5) is 8.83. The second-order valence-electron chi connectivity index (χ2n) is 5.12. The zero-order chi connectivity index (χ0) is 15.0. The standard InChI is InChI=1S/C16H16N4O/c1-9-7-10(2)14(18-8-9)15-19-16(21-20-15)12-5-4-6-13(17)11(12)3/h4-8H,17H2,1-3H3. The average molecular weight is 280 g/mol. The Hall–Kier alpha value is -2.69. The molecule has 2 N–H and O–H groups in total. The summed E-state index contributed by atoms with van der Waals surface area (Å²) in [6.45, 7) is 5.92. The number of pyridine rings is 1. The minimum atomic E-state index is 0.455. The van der Waals surface area contributed by atoms with E-state index in [0.717, 1.165) is 27.9 Å². The maximum absolute atomic E-state index is 5.91. The number of hydrogen-bond acceptors (Lipinski definition) is 5. The summed E-state index contributed by atoms with van der Waals surface area (Å²) in [6.07, 6.45) is 1.80. The first-order valence-corrected chi connectivity index (χ1v) is 6.69. The third-order valence-electron chi connectivity index (χ3n) is 3.46. The van der Waals surface area contributed by atoms with Gasteiger partial charge in [-0.2, -0.15) is 4.98 Å². The van der Waals surface area contributed by atoms with Crippen LogP contribution in [0.5, 0.6) is 0 Å². The third kappa shape index (κ3) is 2.38. The first-order valence-electron chi connectivity index (χ1n) is 6.69. The van der Waals surface area contributed by atoms with Crippen molar-refractivity contribution in [2.45, 2.75) is 20.8 Å². The third-order valence-corrected chi connectivity index (χ3v) is 3.46. The SMILES string of the molecule is Cc1cnc(-c2noc(-c3cccc(N)c3C)n2)c(C)c1. The van der Waals surface area contributed by atoms with Crippen LogP contribution >= 0.6 is 0 Å². The quantitative estimate of drug-likeness (QED) is 0.729. The monoisotopic (exact) mass is 280 g/mol. The summed E-state index contributed by atoms with van der Waals surface area (Å²) < 4.78 is 5.37. The fourth-order valence-corrected chi connectivity index (χ4v) is 2.26. The van der Waals surface area contributed by atoms with Gasteiger partial charge in [0.1, 0.15) is 5.69 Å². The van der Waals surface area contributed by atoms with E-state index in [4.69, 9.17) is 10.3 Å². The van der Waals surface area contributed by atoms with Gasteiger partial charge in [-0.25, -0.2) is 0 Å². The van der Waals surface area contributed by atoms with Gasteiger partial charge < -0.3 is 10.3 Å². The molecule has 0 saturated heterocycles. The summed E-state index contributed by atoms with van der Waals surface area (Å²) in [6, 6.07) is 7.68. The molecule has 0 aliphatic rings. The Morgan fingerprint density at radius 2 is 1.95 bits per heavy atom. The highest BCUT2D eigenvalue weighted by Gasteiger charge is 2.15. The maximum atomic E-state index is 5.91. The summed E-state index contributed by atoms with van der Waals surface area (Å²) in [5, 5.41) is 4.03. The van der Waals surface area contributed by atoms with Crippen molar-refractivity contribution in [1.29, 1.82) is 0 Å². The predicted octanol–water partition coefficient (Wildman–Crippen LogP) is 3.31. The number of anilines is 1. The van der Waals surface area contributed by atoms with Crippen LogP contribution in [0.2, 0.25) is 0 Å². The van der Waals surface area contributed by atoms with E-state index in [-0.39, 0.29) is 0 Å². The summed E-state index contributed by atoms with van der Waals surface area (Å²) in [5.41, 5.74) is 11.3. The van der Waals surface area contributed by atoms with Gasteiger partial charge in [-0.05, 0) is 49.6 Å². The van der Waals surface area contributed by atoms with Gasteiger partial charge in [0.25, 0.3) is 5.89 Å². The van der Waals surface area contributed by atoms with Crippen molar-refractivity contribution >= 4 is 5.69 Å². The van der Waals surface area contributed by atoms with Crippen LogP contribution in [0.1, 0.15) is 16.7 Å². The number of nitrogens with two attached hydrogens (primary N) is 1. The molecule has 0 radical (unpaired) electrons. The van der Waals surface area contributed by atoms with Crippen LogP contribution in [0.4, 0.5) is 5.69 Å². The van der Waals surface area contributed by atoms with Crippen molar-refractivity contribution in [2.24, 2.45) is 0 Å². The van der Waals surface area contributed by atoms with Gasteiger partial charge in [-0.1, -0.05) is 17.3 Å². The highest BCUT2D eigenvalue weighted by Crippen LogP contribution is 2.28. The lowest BCUT2D eigenvalue weighted by Gasteiger charge is -2.03. The number of nitrogen functional groups attached to an aromatic ring is 1. The van der Waals surface area contributed by atoms with E-state index in [0.29, 0.717) is 17.4 Å². The molecule has 1 aromatic carbocycles. The van der Waals surface area contributed by atoms with Crippen LogP contribution in [0.25, 0.3) is 23.0 Å². The van der Waals surface area contributed by atoms with E-state index < -0.39 is 0 Å². The maximum Gasteiger partial charge on any atom is 0.258 e. The normalized spacial score (nSPS) is 10.8. The van der Waals surface area contributed by atoms with Gasteiger partial charge >= 0.3 is 0 Å². The smallest absolute Gasteiger partial charge is 0.258 e. The number of rotatable bonds is 2. The van der Waals surface area contributed by atoms with Crippen molar-refractivity contribution in [1.82, 2.24) is 15.1 Å². The summed E-state index contributed by atoms with van der Waals surface area (Å²) in [5.74, 6) is 0.945. The average Bonchev–Trinajstić information content (AvgIpc) is 2.91. The molecule has 0 bridgehead atoms. The minimum Gasteiger partial charge on any atom is -0.398 e. The number of benzene rings is 1. The fraction of sp³-hybridized carbons (Fsp3) is 0.188. The molecule has 2 heterocycles. The molecule has 0 aliphatic heterocycles. The fourth-order valence-electron chi connectivity index (χ4n) is 2.26. The van der Waals surface area contributed by atoms with Crippen LogP contribution in [-0.4, -0.2) is 15.1 Å². The van der Waals surface area contributed by atoms with Gasteiger partial charge in [0.05, 0.1) is 0 Å². The van der Waals surface area contributed by atoms with Crippen LogP contribution < -0.4 is 5.73 Å². The van der Waals surface area contributed by atoms with E-state index in [1.165, 1.54) is 0 Å². The Morgan fingerprint density at radius 3 is 2.71 bits per heavy atom. The number of hydrogen-bond donors (Lipinski definition) is 1. The van der Waals surface area contributed by atoms with Gasteiger partial charge in [0.2, 0.25) is 5.82 Å². The summed E-state index contributed by atoms with van der Waals surface area (Å²) >= 11 is 0. The predicted molar refractivity (Wildman–Crippen MR) is 81.6 cm³/mol. The zero-order valence-corrected chi connectivity index (χ0v) is 12.2. The van der Waals surface area contributed by atoms with Crippen LogP contribution in [0.15, 0.2) is 35.0 Å². The molecule has 0 atom stereocenters. The highest BCUT2D eigenvalue weighted by atomic mass is 16.5. The molecule has 0 aliphatic carbocycles. The van der Waals surface area contributed by atoms with Gasteiger partial charge in [-0.15, -0.1) is 0 Å². The molecule has 2 aromatic heterocycles. The molecular formula is C16H16N4O. The molecule has 21 heavy (non-hydrogen) atoms. The van der Waals surface area contributed by atoms with E-state index >= 15 is 0 Å². The van der Waals surface area contributed by atoms with E-state index in [1.807, 2.05) is 45.0 Å². The van der Waals surface area contributed by atoms with Crippen LogP contribution in [-0.2, 0) is 0 Å². The van der Waals surface area contributed by atoms with Gasteiger partial charge in [0.15, 0.2) is 0 Å². The molecule has 3 rings (SSSR count). The van der Waals surface area contributed by atoms with E-state index in [2.05, 4.69) is 15.1 Å². The molecule has 0 amide bonds. The molecule has 5 nitrogen and oxygen atoms in total. The second kappa shape index (κ2) is 5.01. The molecule has 0 spiro atoms. The molecular weight excluding hydrogens is 264 g/mol.